The first-order valence-electron chi connectivity index (χ1n) is 3.14. The number of hydrogen-bond acceptors (Lipinski definition) is 2. The summed E-state index contributed by atoms with van der Waals surface area (Å²) >= 11 is 0.552. The molecule has 0 atom stereocenters. The van der Waals surface area contributed by atoms with Crippen LogP contribution in [0.2, 0.25) is 0 Å². The molecule has 0 aliphatic heterocycles. The highest BCUT2D eigenvalue weighted by Gasteiger charge is 2.26. The zero-order chi connectivity index (χ0) is 9.03. The van der Waals surface area contributed by atoms with Crippen molar-refractivity contribution in [3.05, 3.63) is 30.3 Å². The summed E-state index contributed by atoms with van der Waals surface area (Å²) in [5.74, 6) is 0. The highest BCUT2D eigenvalue weighted by Crippen LogP contribution is 2.20. The molecule has 0 amide bonds. The number of nitrogens with one attached hydrogen (secondary N) is 1. The van der Waals surface area contributed by atoms with E-state index >= 15 is 0 Å². The second-order valence-electron chi connectivity index (χ2n) is 2.01. The average molecular weight is 193 g/mol. The molecule has 0 aromatic heterocycles. The normalized spacial score (nSPS) is 11.6. The van der Waals surface area contributed by atoms with Gasteiger partial charge in [0.2, 0.25) is 0 Å². The van der Waals surface area contributed by atoms with Crippen LogP contribution in [-0.4, -0.2) is 6.30 Å². The third-order valence-corrected chi connectivity index (χ3v) is 1.87. The molecular weight excluding hydrogens is 187 g/mol. The van der Waals surface area contributed by atoms with E-state index in [1.54, 1.807) is 30.3 Å². The number of alkyl halides is 3. The first kappa shape index (κ1) is 9.41. The smallest absolute Gasteiger partial charge is 0.168 e. The largest absolute Gasteiger partial charge is 0.467 e. The van der Waals surface area contributed by atoms with Crippen molar-refractivity contribution in [2.45, 2.75) is 11.2 Å². The van der Waals surface area contributed by atoms with Crippen LogP contribution in [0, 0.1) is 0 Å². The molecule has 0 bridgehead atoms. The first-order valence-corrected chi connectivity index (χ1v) is 3.95. The van der Waals surface area contributed by atoms with Gasteiger partial charge in [0.15, 0.2) is 0 Å². The van der Waals surface area contributed by atoms with Gasteiger partial charge >= 0.3 is 6.30 Å². The molecule has 1 N–H and O–H groups in total. The van der Waals surface area contributed by atoms with Crippen LogP contribution in [0.3, 0.4) is 0 Å². The molecule has 1 aromatic carbocycles. The van der Waals surface area contributed by atoms with Crippen LogP contribution in [0.5, 0.6) is 0 Å². The lowest BCUT2D eigenvalue weighted by atomic mass is 10.4. The SMILES string of the molecule is FC(F)(F)NSc1ccccc1. The summed E-state index contributed by atoms with van der Waals surface area (Å²) in [6, 6.07) is 8.31. The van der Waals surface area contributed by atoms with Crippen molar-refractivity contribution in [1.29, 1.82) is 0 Å². The van der Waals surface area contributed by atoms with Crippen LogP contribution in [0.4, 0.5) is 13.2 Å². The Labute approximate surface area is 72.1 Å². The molecular formula is C7H6F3NS. The standard InChI is InChI=1S/C7H6F3NS/c8-7(9,10)11-12-6-4-2-1-3-5-6/h1-5,11H. The Morgan fingerprint density at radius 1 is 1.08 bits per heavy atom. The maximum Gasteiger partial charge on any atom is 0.467 e. The van der Waals surface area contributed by atoms with Gasteiger partial charge in [-0.2, -0.15) is 17.9 Å². The summed E-state index contributed by atoms with van der Waals surface area (Å²) in [4.78, 5) is 0.537. The quantitative estimate of drug-likeness (QED) is 0.572. The number of benzene rings is 1. The Morgan fingerprint density at radius 2 is 1.67 bits per heavy atom. The van der Waals surface area contributed by atoms with Gasteiger partial charge in [0.25, 0.3) is 0 Å². The fourth-order valence-corrected chi connectivity index (χ4v) is 1.13. The van der Waals surface area contributed by atoms with E-state index in [1.165, 1.54) is 4.72 Å². The molecule has 0 saturated carbocycles. The number of halogens is 3. The lowest BCUT2D eigenvalue weighted by Crippen LogP contribution is -2.24. The van der Waals surface area contributed by atoms with E-state index in [4.69, 9.17) is 0 Å². The summed E-state index contributed by atoms with van der Waals surface area (Å²) in [5.41, 5.74) is 0. The van der Waals surface area contributed by atoms with Crippen molar-refractivity contribution < 1.29 is 13.2 Å². The molecule has 5 heteroatoms. The van der Waals surface area contributed by atoms with Crippen molar-refractivity contribution in [3.63, 3.8) is 0 Å². The van der Waals surface area contributed by atoms with E-state index in [0.29, 0.717) is 16.8 Å². The van der Waals surface area contributed by atoms with E-state index < -0.39 is 6.30 Å². The molecule has 0 spiro atoms. The Morgan fingerprint density at radius 3 is 2.17 bits per heavy atom. The molecule has 0 radical (unpaired) electrons. The van der Waals surface area contributed by atoms with Gasteiger partial charge < -0.3 is 0 Å². The predicted octanol–water partition coefficient (Wildman–Crippen LogP) is 2.80. The Hall–Kier alpha value is -0.680. The van der Waals surface area contributed by atoms with Crippen LogP contribution in [0.1, 0.15) is 0 Å². The minimum atomic E-state index is -4.33. The summed E-state index contributed by atoms with van der Waals surface area (Å²) in [5, 5.41) is 0. The van der Waals surface area contributed by atoms with Gasteiger partial charge in [-0.05, 0) is 24.1 Å². The van der Waals surface area contributed by atoms with E-state index in [2.05, 4.69) is 0 Å². The van der Waals surface area contributed by atoms with E-state index in [0.717, 1.165) is 0 Å². The third-order valence-electron chi connectivity index (χ3n) is 1.03. The zero-order valence-corrected chi connectivity index (χ0v) is 6.75. The fraction of sp³-hybridized carbons (Fsp3) is 0.143. The number of hydrogen-bond donors (Lipinski definition) is 1. The lowest BCUT2D eigenvalue weighted by molar-refractivity contribution is -0.136. The highest BCUT2D eigenvalue weighted by molar-refractivity contribution is 7.97. The number of rotatable bonds is 2. The summed E-state index contributed by atoms with van der Waals surface area (Å²) in [6.45, 7) is 0. The van der Waals surface area contributed by atoms with Crippen LogP contribution in [0.25, 0.3) is 0 Å². The molecule has 1 aromatic rings. The maximum atomic E-state index is 11.6. The van der Waals surface area contributed by atoms with E-state index in [-0.39, 0.29) is 0 Å². The lowest BCUT2D eigenvalue weighted by Gasteiger charge is -2.06. The molecule has 66 valence electrons. The topological polar surface area (TPSA) is 12.0 Å². The van der Waals surface area contributed by atoms with Crippen LogP contribution in [0.15, 0.2) is 35.2 Å². The van der Waals surface area contributed by atoms with Gasteiger partial charge in [0.05, 0.1) is 0 Å². The molecule has 1 nitrogen and oxygen atoms in total. The minimum absolute atomic E-state index is 0.537. The van der Waals surface area contributed by atoms with Crippen molar-refractivity contribution in [2.75, 3.05) is 0 Å². The van der Waals surface area contributed by atoms with Crippen molar-refractivity contribution in [1.82, 2.24) is 4.72 Å². The van der Waals surface area contributed by atoms with Gasteiger partial charge in [-0.1, -0.05) is 18.2 Å². The predicted molar refractivity (Wildman–Crippen MR) is 41.5 cm³/mol. The molecule has 1 rings (SSSR count). The third kappa shape index (κ3) is 3.64. The van der Waals surface area contributed by atoms with E-state index in [9.17, 15) is 13.2 Å². The monoisotopic (exact) mass is 193 g/mol. The van der Waals surface area contributed by atoms with Crippen molar-refractivity contribution in [3.8, 4) is 0 Å². The van der Waals surface area contributed by atoms with Crippen LogP contribution < -0.4 is 4.72 Å². The Balaban J connectivity index is 2.44. The molecule has 0 heterocycles. The molecule has 12 heavy (non-hydrogen) atoms. The van der Waals surface area contributed by atoms with Crippen molar-refractivity contribution in [2.24, 2.45) is 0 Å². The van der Waals surface area contributed by atoms with Gasteiger partial charge in [-0.25, -0.2) is 0 Å². The zero-order valence-electron chi connectivity index (χ0n) is 5.93. The molecule has 0 unspecified atom stereocenters. The maximum absolute atomic E-state index is 11.6. The summed E-state index contributed by atoms with van der Waals surface area (Å²) in [7, 11) is 0. The van der Waals surface area contributed by atoms with Gasteiger partial charge in [0, 0.05) is 4.90 Å². The second-order valence-corrected chi connectivity index (χ2v) is 2.89. The fourth-order valence-electron chi connectivity index (χ4n) is 0.605. The van der Waals surface area contributed by atoms with Gasteiger partial charge in [0.1, 0.15) is 0 Å². The second kappa shape index (κ2) is 3.82. The summed E-state index contributed by atoms with van der Waals surface area (Å²) in [6.07, 6.45) is -4.33. The molecule has 0 saturated heterocycles. The minimum Gasteiger partial charge on any atom is -0.168 e. The Kier molecular flexibility index (Phi) is 2.99. The van der Waals surface area contributed by atoms with Crippen LogP contribution >= 0.6 is 11.9 Å². The van der Waals surface area contributed by atoms with E-state index in [1.807, 2.05) is 0 Å². The Bertz CT molecular complexity index is 234. The average Bonchev–Trinajstić information content (AvgIpc) is 2.02. The summed E-state index contributed by atoms with van der Waals surface area (Å²) < 4.78 is 36.2. The first-order chi connectivity index (χ1) is 5.58. The van der Waals surface area contributed by atoms with Crippen molar-refractivity contribution >= 4 is 11.9 Å². The molecule has 0 fully saturated rings. The highest BCUT2D eigenvalue weighted by atomic mass is 32.2. The molecule has 0 aliphatic rings. The van der Waals surface area contributed by atoms with Gasteiger partial charge in [-0.3, -0.25) is 0 Å². The van der Waals surface area contributed by atoms with Gasteiger partial charge in [-0.15, -0.1) is 0 Å². The van der Waals surface area contributed by atoms with Crippen LogP contribution in [-0.2, 0) is 0 Å². The molecule has 0 aliphatic carbocycles.